The van der Waals surface area contributed by atoms with Gasteiger partial charge in [-0.3, -0.25) is 20.4 Å². The van der Waals surface area contributed by atoms with Crippen molar-refractivity contribution in [1.82, 2.24) is 10.9 Å². The standard InChI is InChI=1S/C24H28F2N2O6/c1-15(2)11-12-33-18-9-7-17(14-21(18)32-4)23(30)28-27-22(29)10-6-16-5-8-19(34-24(25)26)20(13-16)31-3/h5-10,13-15,24H,11-12H2,1-4H3,(H,27,29)(H,28,30)/b10-6+. The number of hydrogen-bond acceptors (Lipinski definition) is 6. The van der Waals surface area contributed by atoms with Gasteiger partial charge in [0.15, 0.2) is 23.0 Å². The van der Waals surface area contributed by atoms with Crippen LogP contribution in [-0.2, 0) is 4.79 Å². The summed E-state index contributed by atoms with van der Waals surface area (Å²) < 4.78 is 45.2. The van der Waals surface area contributed by atoms with Crippen LogP contribution in [0.25, 0.3) is 6.08 Å². The summed E-state index contributed by atoms with van der Waals surface area (Å²) in [5.41, 5.74) is 5.33. The van der Waals surface area contributed by atoms with Gasteiger partial charge in [-0.25, -0.2) is 0 Å². The van der Waals surface area contributed by atoms with Gasteiger partial charge in [-0.1, -0.05) is 19.9 Å². The molecule has 2 aromatic carbocycles. The number of alkyl halides is 2. The van der Waals surface area contributed by atoms with E-state index in [9.17, 15) is 18.4 Å². The number of carbonyl (C=O) groups excluding carboxylic acids is 2. The smallest absolute Gasteiger partial charge is 0.387 e. The number of benzene rings is 2. The highest BCUT2D eigenvalue weighted by molar-refractivity contribution is 5.98. The molecule has 10 heteroatoms. The maximum Gasteiger partial charge on any atom is 0.387 e. The molecule has 0 saturated heterocycles. The molecule has 0 atom stereocenters. The number of hydrazine groups is 1. The SMILES string of the molecule is COc1cc(C(=O)NNC(=O)/C=C/c2ccc(OC(F)F)c(OC)c2)ccc1OCCC(C)C. The third-order valence-electron chi connectivity index (χ3n) is 4.51. The number of ether oxygens (including phenoxy) is 4. The quantitative estimate of drug-likeness (QED) is 0.371. The monoisotopic (exact) mass is 478 g/mol. The number of amides is 2. The summed E-state index contributed by atoms with van der Waals surface area (Å²) in [6.07, 6.45) is 3.46. The molecule has 2 N–H and O–H groups in total. The predicted octanol–water partition coefficient (Wildman–Crippen LogP) is 4.20. The van der Waals surface area contributed by atoms with Crippen molar-refractivity contribution in [3.63, 3.8) is 0 Å². The van der Waals surface area contributed by atoms with Crippen molar-refractivity contribution < 1.29 is 37.3 Å². The Morgan fingerprint density at radius 3 is 2.26 bits per heavy atom. The first-order valence-electron chi connectivity index (χ1n) is 10.5. The Morgan fingerprint density at radius 1 is 0.941 bits per heavy atom. The maximum atomic E-state index is 12.4. The first-order chi connectivity index (χ1) is 16.2. The lowest BCUT2D eigenvalue weighted by Crippen LogP contribution is -2.40. The molecule has 34 heavy (non-hydrogen) atoms. The fraction of sp³-hybridized carbons (Fsp3) is 0.333. The Bertz CT molecular complexity index is 1010. The van der Waals surface area contributed by atoms with E-state index >= 15 is 0 Å². The first-order valence-corrected chi connectivity index (χ1v) is 10.5. The van der Waals surface area contributed by atoms with Crippen LogP contribution in [0.4, 0.5) is 8.78 Å². The van der Waals surface area contributed by atoms with E-state index in [-0.39, 0.29) is 17.1 Å². The lowest BCUT2D eigenvalue weighted by molar-refractivity contribution is -0.117. The van der Waals surface area contributed by atoms with Gasteiger partial charge in [0, 0.05) is 11.6 Å². The molecule has 184 valence electrons. The van der Waals surface area contributed by atoms with Crippen molar-refractivity contribution in [3.8, 4) is 23.0 Å². The van der Waals surface area contributed by atoms with Gasteiger partial charge in [-0.15, -0.1) is 0 Å². The molecular formula is C24H28F2N2O6. The minimum absolute atomic E-state index is 0.0849. The number of halogens is 2. The molecule has 0 spiro atoms. The van der Waals surface area contributed by atoms with Crippen LogP contribution >= 0.6 is 0 Å². The molecule has 0 radical (unpaired) electrons. The van der Waals surface area contributed by atoms with E-state index in [2.05, 4.69) is 29.4 Å². The van der Waals surface area contributed by atoms with Crippen LogP contribution in [0.5, 0.6) is 23.0 Å². The van der Waals surface area contributed by atoms with Gasteiger partial charge in [0.1, 0.15) is 0 Å². The van der Waals surface area contributed by atoms with Gasteiger partial charge in [-0.2, -0.15) is 8.78 Å². The summed E-state index contributed by atoms with van der Waals surface area (Å²) in [6, 6.07) is 8.90. The second-order valence-electron chi connectivity index (χ2n) is 7.46. The second kappa shape index (κ2) is 13.0. The summed E-state index contributed by atoms with van der Waals surface area (Å²) >= 11 is 0. The molecule has 0 aliphatic carbocycles. The molecule has 2 aromatic rings. The fourth-order valence-electron chi connectivity index (χ4n) is 2.72. The average molecular weight is 478 g/mol. The van der Waals surface area contributed by atoms with Gasteiger partial charge in [0.25, 0.3) is 11.8 Å². The van der Waals surface area contributed by atoms with Crippen molar-refractivity contribution >= 4 is 17.9 Å². The highest BCUT2D eigenvalue weighted by atomic mass is 19.3. The zero-order valence-corrected chi connectivity index (χ0v) is 19.4. The van der Waals surface area contributed by atoms with Crippen molar-refractivity contribution in [2.75, 3.05) is 20.8 Å². The lowest BCUT2D eigenvalue weighted by atomic mass is 10.1. The summed E-state index contributed by atoms with van der Waals surface area (Å²) in [5, 5.41) is 0. The van der Waals surface area contributed by atoms with Crippen molar-refractivity contribution in [2.24, 2.45) is 5.92 Å². The van der Waals surface area contributed by atoms with E-state index in [1.165, 1.54) is 44.6 Å². The van der Waals surface area contributed by atoms with Crippen molar-refractivity contribution in [3.05, 3.63) is 53.6 Å². The van der Waals surface area contributed by atoms with Gasteiger partial charge in [0.2, 0.25) is 0 Å². The summed E-state index contributed by atoms with van der Waals surface area (Å²) in [5.74, 6) is 0.210. The van der Waals surface area contributed by atoms with Crippen LogP contribution < -0.4 is 29.8 Å². The Morgan fingerprint density at radius 2 is 1.62 bits per heavy atom. The highest BCUT2D eigenvalue weighted by Crippen LogP contribution is 2.30. The summed E-state index contributed by atoms with van der Waals surface area (Å²) in [7, 11) is 2.78. The first kappa shape index (κ1) is 26.4. The second-order valence-corrected chi connectivity index (χ2v) is 7.46. The van der Waals surface area contributed by atoms with E-state index in [0.717, 1.165) is 12.5 Å². The van der Waals surface area contributed by atoms with Gasteiger partial charge in [0.05, 0.1) is 20.8 Å². The van der Waals surface area contributed by atoms with Crippen LogP contribution in [0.1, 0.15) is 36.2 Å². The van der Waals surface area contributed by atoms with Crippen LogP contribution in [-0.4, -0.2) is 39.3 Å². The topological polar surface area (TPSA) is 95.1 Å². The van der Waals surface area contributed by atoms with Crippen molar-refractivity contribution in [1.29, 1.82) is 0 Å². The van der Waals surface area contributed by atoms with Crippen LogP contribution in [0.15, 0.2) is 42.5 Å². The fourth-order valence-corrected chi connectivity index (χ4v) is 2.72. The van der Waals surface area contributed by atoms with E-state index < -0.39 is 18.4 Å². The molecule has 0 fully saturated rings. The molecule has 8 nitrogen and oxygen atoms in total. The predicted molar refractivity (Wildman–Crippen MR) is 122 cm³/mol. The molecule has 2 amide bonds. The van der Waals surface area contributed by atoms with E-state index in [0.29, 0.717) is 29.6 Å². The molecule has 0 saturated carbocycles. The largest absolute Gasteiger partial charge is 0.493 e. The Balaban J connectivity index is 1.94. The van der Waals surface area contributed by atoms with Gasteiger partial charge >= 0.3 is 6.61 Å². The average Bonchev–Trinajstić information content (AvgIpc) is 2.81. The van der Waals surface area contributed by atoms with E-state index in [1.807, 2.05) is 0 Å². The summed E-state index contributed by atoms with van der Waals surface area (Å²) in [6.45, 7) is 1.72. The van der Waals surface area contributed by atoms with Crippen LogP contribution in [0, 0.1) is 5.92 Å². The van der Waals surface area contributed by atoms with Crippen LogP contribution in [0.2, 0.25) is 0 Å². The number of carbonyl (C=O) groups is 2. The van der Waals surface area contributed by atoms with Crippen LogP contribution in [0.3, 0.4) is 0 Å². The molecule has 0 heterocycles. The molecule has 0 aromatic heterocycles. The number of methoxy groups -OCH3 is 2. The molecule has 0 bridgehead atoms. The lowest BCUT2D eigenvalue weighted by Gasteiger charge is -2.13. The highest BCUT2D eigenvalue weighted by Gasteiger charge is 2.13. The molecule has 0 unspecified atom stereocenters. The molecule has 2 rings (SSSR count). The van der Waals surface area contributed by atoms with Gasteiger partial charge < -0.3 is 18.9 Å². The Kier molecular flexibility index (Phi) is 10.1. The zero-order valence-electron chi connectivity index (χ0n) is 19.4. The molecule has 0 aliphatic rings. The minimum atomic E-state index is -2.99. The number of nitrogens with one attached hydrogen (secondary N) is 2. The van der Waals surface area contributed by atoms with Crippen molar-refractivity contribution in [2.45, 2.75) is 26.9 Å². The maximum absolute atomic E-state index is 12.4. The Hall–Kier alpha value is -3.82. The van der Waals surface area contributed by atoms with E-state index in [4.69, 9.17) is 14.2 Å². The zero-order chi connectivity index (χ0) is 25.1. The normalized spacial score (nSPS) is 10.9. The van der Waals surface area contributed by atoms with Gasteiger partial charge in [-0.05, 0) is 54.3 Å². The minimum Gasteiger partial charge on any atom is -0.493 e. The molecular weight excluding hydrogens is 450 g/mol. The van der Waals surface area contributed by atoms with E-state index in [1.54, 1.807) is 12.1 Å². The number of rotatable bonds is 11. The summed E-state index contributed by atoms with van der Waals surface area (Å²) in [4.78, 5) is 24.4. The number of hydrogen-bond donors (Lipinski definition) is 2. The third-order valence-corrected chi connectivity index (χ3v) is 4.51. The molecule has 0 aliphatic heterocycles. The Labute approximate surface area is 196 Å². The third kappa shape index (κ3) is 8.27.